The molecule has 1 N–H and O–H groups in total. The lowest BCUT2D eigenvalue weighted by Crippen LogP contribution is -2.36. The molecule has 0 aliphatic carbocycles. The van der Waals surface area contributed by atoms with Crippen LogP contribution >= 0.6 is 0 Å². The summed E-state index contributed by atoms with van der Waals surface area (Å²) in [6.07, 6.45) is 0. The summed E-state index contributed by atoms with van der Waals surface area (Å²) in [7, 11) is 1.28. The van der Waals surface area contributed by atoms with E-state index in [9.17, 15) is 13.6 Å². The normalized spacial score (nSPS) is 11.2. The molecule has 3 nitrogen and oxygen atoms in total. The molecule has 0 aliphatic rings. The second-order valence-electron chi connectivity index (χ2n) is 4.76. The first kappa shape index (κ1) is 14.4. The number of nitrogens with one attached hydrogen (secondary N) is 1. The Labute approximate surface area is 105 Å². The molecular formula is C13H17F2NO2. The number of halogens is 2. The molecule has 0 bridgehead atoms. The van der Waals surface area contributed by atoms with E-state index in [-0.39, 0.29) is 23.8 Å². The van der Waals surface area contributed by atoms with Gasteiger partial charge in [0.15, 0.2) is 11.6 Å². The largest absolute Gasteiger partial charge is 0.494 e. The van der Waals surface area contributed by atoms with Crippen molar-refractivity contribution in [2.24, 2.45) is 0 Å². The topological polar surface area (TPSA) is 38.3 Å². The number of methoxy groups -OCH3 is 1. The van der Waals surface area contributed by atoms with Crippen LogP contribution in [0.15, 0.2) is 12.1 Å². The Morgan fingerprint density at radius 2 is 1.94 bits per heavy atom. The summed E-state index contributed by atoms with van der Waals surface area (Å²) in [5.41, 5.74) is -0.502. The highest BCUT2D eigenvalue weighted by Gasteiger charge is 2.26. The van der Waals surface area contributed by atoms with Crippen molar-refractivity contribution in [1.82, 2.24) is 5.32 Å². The molecule has 0 aromatic heterocycles. The minimum atomic E-state index is -0.705. The molecule has 0 saturated carbocycles. The van der Waals surface area contributed by atoms with Crippen LogP contribution in [0, 0.1) is 11.6 Å². The number of benzene rings is 1. The molecule has 1 aromatic carbocycles. The molecule has 18 heavy (non-hydrogen) atoms. The number of ether oxygens (including phenoxy) is 1. The van der Waals surface area contributed by atoms with Gasteiger partial charge in [0.25, 0.3) is 0 Å². The van der Waals surface area contributed by atoms with Crippen LogP contribution in [-0.4, -0.2) is 19.6 Å². The summed E-state index contributed by atoms with van der Waals surface area (Å²) in [4.78, 5) is 10.9. The van der Waals surface area contributed by atoms with Gasteiger partial charge in [0.2, 0.25) is 5.91 Å². The predicted molar refractivity (Wildman–Crippen MR) is 64.6 cm³/mol. The van der Waals surface area contributed by atoms with Crippen LogP contribution in [0.1, 0.15) is 26.3 Å². The first-order chi connectivity index (χ1) is 8.27. The van der Waals surface area contributed by atoms with E-state index in [0.717, 1.165) is 12.1 Å². The van der Waals surface area contributed by atoms with Crippen molar-refractivity contribution in [3.05, 3.63) is 29.3 Å². The van der Waals surface area contributed by atoms with Gasteiger partial charge in [-0.25, -0.2) is 8.78 Å². The zero-order chi connectivity index (χ0) is 13.9. The van der Waals surface area contributed by atoms with E-state index in [1.807, 2.05) is 0 Å². The quantitative estimate of drug-likeness (QED) is 0.899. The SMILES string of the molecule is COc1cc(F)c(C(C)(C)CNC(C)=O)cc1F. The lowest BCUT2D eigenvalue weighted by atomic mass is 9.84. The van der Waals surface area contributed by atoms with Gasteiger partial charge in [-0.1, -0.05) is 13.8 Å². The Kier molecular flexibility index (Phi) is 4.27. The standard InChI is InChI=1S/C13H17F2NO2/c1-8(17)16-7-13(2,3)9-5-11(15)12(18-4)6-10(9)14/h5-6H,7H2,1-4H3,(H,16,17). The third-order valence-electron chi connectivity index (χ3n) is 2.75. The van der Waals surface area contributed by atoms with Gasteiger partial charge in [0.1, 0.15) is 5.82 Å². The molecule has 0 atom stereocenters. The van der Waals surface area contributed by atoms with Gasteiger partial charge >= 0.3 is 0 Å². The summed E-state index contributed by atoms with van der Waals surface area (Å²) < 4.78 is 32.2. The Morgan fingerprint density at radius 3 is 2.44 bits per heavy atom. The van der Waals surface area contributed by atoms with Gasteiger partial charge < -0.3 is 10.1 Å². The second kappa shape index (κ2) is 5.33. The Balaban J connectivity index is 3.08. The monoisotopic (exact) mass is 257 g/mol. The Hall–Kier alpha value is -1.65. The van der Waals surface area contributed by atoms with Crippen LogP contribution in [0.4, 0.5) is 8.78 Å². The number of rotatable bonds is 4. The highest BCUT2D eigenvalue weighted by atomic mass is 19.1. The minimum absolute atomic E-state index is 0.133. The van der Waals surface area contributed by atoms with Gasteiger partial charge in [-0.3, -0.25) is 4.79 Å². The molecule has 0 heterocycles. The van der Waals surface area contributed by atoms with E-state index in [0.29, 0.717) is 0 Å². The van der Waals surface area contributed by atoms with Crippen LogP contribution in [0.25, 0.3) is 0 Å². The average Bonchev–Trinajstić information content (AvgIpc) is 2.29. The summed E-state index contributed by atoms with van der Waals surface area (Å²) in [6.45, 7) is 5.06. The van der Waals surface area contributed by atoms with Crippen molar-refractivity contribution in [3.63, 3.8) is 0 Å². The molecule has 0 radical (unpaired) electrons. The number of hydrogen-bond donors (Lipinski definition) is 1. The lowest BCUT2D eigenvalue weighted by molar-refractivity contribution is -0.119. The molecule has 0 unspecified atom stereocenters. The molecule has 1 rings (SSSR count). The fourth-order valence-corrected chi connectivity index (χ4v) is 1.64. The van der Waals surface area contributed by atoms with Gasteiger partial charge in [0.05, 0.1) is 7.11 Å². The zero-order valence-corrected chi connectivity index (χ0v) is 10.9. The Morgan fingerprint density at radius 1 is 1.33 bits per heavy atom. The number of hydrogen-bond acceptors (Lipinski definition) is 2. The van der Waals surface area contributed by atoms with Crippen LogP contribution < -0.4 is 10.1 Å². The molecule has 0 saturated heterocycles. The molecule has 0 spiro atoms. The molecular weight excluding hydrogens is 240 g/mol. The molecule has 0 aliphatic heterocycles. The van der Waals surface area contributed by atoms with Gasteiger partial charge in [-0.05, 0) is 11.6 Å². The van der Waals surface area contributed by atoms with E-state index in [2.05, 4.69) is 5.32 Å². The maximum Gasteiger partial charge on any atom is 0.216 e. The Bertz CT molecular complexity index is 459. The van der Waals surface area contributed by atoms with E-state index in [4.69, 9.17) is 4.74 Å². The zero-order valence-electron chi connectivity index (χ0n) is 10.9. The summed E-state index contributed by atoms with van der Waals surface area (Å²) in [6, 6.07) is 2.12. The van der Waals surface area contributed by atoms with Crippen LogP contribution in [-0.2, 0) is 10.2 Å². The van der Waals surface area contributed by atoms with E-state index >= 15 is 0 Å². The van der Waals surface area contributed by atoms with Gasteiger partial charge in [0, 0.05) is 24.9 Å². The third kappa shape index (κ3) is 3.18. The molecule has 1 amide bonds. The van der Waals surface area contributed by atoms with E-state index in [1.54, 1.807) is 13.8 Å². The average molecular weight is 257 g/mol. The van der Waals surface area contributed by atoms with Crippen molar-refractivity contribution in [2.45, 2.75) is 26.2 Å². The minimum Gasteiger partial charge on any atom is -0.494 e. The van der Waals surface area contributed by atoms with Gasteiger partial charge in [-0.2, -0.15) is 0 Å². The fraction of sp³-hybridized carbons (Fsp3) is 0.462. The first-order valence-corrected chi connectivity index (χ1v) is 5.56. The van der Waals surface area contributed by atoms with Crippen molar-refractivity contribution >= 4 is 5.91 Å². The lowest BCUT2D eigenvalue weighted by Gasteiger charge is -2.26. The highest BCUT2D eigenvalue weighted by molar-refractivity contribution is 5.72. The smallest absolute Gasteiger partial charge is 0.216 e. The van der Waals surface area contributed by atoms with Crippen molar-refractivity contribution in [3.8, 4) is 5.75 Å². The maximum absolute atomic E-state index is 13.9. The van der Waals surface area contributed by atoms with Crippen molar-refractivity contribution in [2.75, 3.05) is 13.7 Å². The van der Waals surface area contributed by atoms with Crippen molar-refractivity contribution in [1.29, 1.82) is 0 Å². The summed E-state index contributed by atoms with van der Waals surface area (Å²) in [5.74, 6) is -1.52. The predicted octanol–water partition coefficient (Wildman–Crippen LogP) is 2.39. The molecule has 1 aromatic rings. The van der Waals surface area contributed by atoms with Crippen LogP contribution in [0.5, 0.6) is 5.75 Å². The third-order valence-corrected chi connectivity index (χ3v) is 2.75. The molecule has 0 fully saturated rings. The summed E-state index contributed by atoms with van der Waals surface area (Å²) in [5, 5.41) is 2.60. The molecule has 5 heteroatoms. The first-order valence-electron chi connectivity index (χ1n) is 5.56. The van der Waals surface area contributed by atoms with E-state index in [1.165, 1.54) is 14.0 Å². The van der Waals surface area contributed by atoms with Crippen molar-refractivity contribution < 1.29 is 18.3 Å². The van der Waals surface area contributed by atoms with Crippen LogP contribution in [0.3, 0.4) is 0 Å². The highest BCUT2D eigenvalue weighted by Crippen LogP contribution is 2.30. The second-order valence-corrected chi connectivity index (χ2v) is 4.76. The summed E-state index contributed by atoms with van der Waals surface area (Å²) >= 11 is 0. The number of carbonyl (C=O) groups is 1. The molecule has 100 valence electrons. The number of amides is 1. The fourth-order valence-electron chi connectivity index (χ4n) is 1.64. The number of carbonyl (C=O) groups excluding carboxylic acids is 1. The van der Waals surface area contributed by atoms with Gasteiger partial charge in [-0.15, -0.1) is 0 Å². The van der Waals surface area contributed by atoms with E-state index < -0.39 is 17.0 Å². The maximum atomic E-state index is 13.9. The van der Waals surface area contributed by atoms with Crippen LogP contribution in [0.2, 0.25) is 0 Å².